The molecule has 17 heavy (non-hydrogen) atoms. The molecule has 0 aliphatic carbocycles. The first-order valence-corrected chi connectivity index (χ1v) is 6.79. The Labute approximate surface area is 108 Å². The zero-order chi connectivity index (χ0) is 13.1. The molecule has 4 heteroatoms. The lowest BCUT2D eigenvalue weighted by atomic mass is 9.98. The average molecular weight is 256 g/mol. The summed E-state index contributed by atoms with van der Waals surface area (Å²) in [6, 6.07) is 2.45. The first-order chi connectivity index (χ1) is 7.89. The molecule has 1 rings (SSSR count). The number of thiophene rings is 1. The summed E-state index contributed by atoms with van der Waals surface area (Å²) in [5, 5.41) is 0. The van der Waals surface area contributed by atoms with Crippen LogP contribution < -0.4 is 11.3 Å². The van der Waals surface area contributed by atoms with Gasteiger partial charge in [-0.15, -0.1) is 11.3 Å². The van der Waals surface area contributed by atoms with Gasteiger partial charge in [0.25, 0.3) is 0 Å². The average Bonchev–Trinajstić information content (AvgIpc) is 2.60. The first-order valence-electron chi connectivity index (χ1n) is 5.98. The number of aryl methyl sites for hydroxylation is 2. The van der Waals surface area contributed by atoms with Gasteiger partial charge in [-0.25, -0.2) is 0 Å². The molecule has 0 amide bonds. The van der Waals surface area contributed by atoms with Crippen molar-refractivity contribution in [2.45, 2.75) is 52.2 Å². The molecule has 0 spiro atoms. The van der Waals surface area contributed by atoms with Crippen molar-refractivity contribution in [2.24, 2.45) is 5.84 Å². The van der Waals surface area contributed by atoms with E-state index in [-0.39, 0.29) is 11.6 Å². The topological polar surface area (TPSA) is 47.3 Å². The smallest absolute Gasteiger partial charge is 0.0623 e. The number of ether oxygens (including phenoxy) is 1. The molecule has 1 unspecified atom stereocenters. The minimum atomic E-state index is -0.0869. The van der Waals surface area contributed by atoms with E-state index in [1.165, 1.54) is 15.3 Å². The number of nitrogens with two attached hydrogens (primary N) is 1. The number of methoxy groups -OCH3 is 1. The van der Waals surface area contributed by atoms with Crippen LogP contribution in [0.5, 0.6) is 0 Å². The van der Waals surface area contributed by atoms with E-state index < -0.39 is 0 Å². The zero-order valence-electron chi connectivity index (χ0n) is 11.5. The van der Waals surface area contributed by atoms with Gasteiger partial charge in [-0.1, -0.05) is 0 Å². The monoisotopic (exact) mass is 256 g/mol. The van der Waals surface area contributed by atoms with Gasteiger partial charge in [0, 0.05) is 16.9 Å². The Balaban J connectivity index is 2.66. The van der Waals surface area contributed by atoms with Crippen LogP contribution in [0.15, 0.2) is 6.07 Å². The standard InChI is InChI=1S/C13H24N2OS/c1-9-8-12(17-10(9)2)11(15-14)6-7-13(3,4)16-5/h8,11,15H,6-7,14H2,1-5H3. The molecule has 0 bridgehead atoms. The van der Waals surface area contributed by atoms with Crippen LogP contribution in [0.4, 0.5) is 0 Å². The highest BCUT2D eigenvalue weighted by Crippen LogP contribution is 2.30. The van der Waals surface area contributed by atoms with Crippen LogP contribution in [0.2, 0.25) is 0 Å². The largest absolute Gasteiger partial charge is 0.379 e. The molecule has 0 aromatic carbocycles. The van der Waals surface area contributed by atoms with Crippen molar-refractivity contribution in [2.75, 3.05) is 7.11 Å². The lowest BCUT2D eigenvalue weighted by molar-refractivity contribution is 0.0117. The minimum Gasteiger partial charge on any atom is -0.379 e. The molecule has 0 fully saturated rings. The molecular weight excluding hydrogens is 232 g/mol. The zero-order valence-corrected chi connectivity index (χ0v) is 12.3. The Kier molecular flexibility index (Phi) is 5.13. The van der Waals surface area contributed by atoms with Gasteiger partial charge < -0.3 is 4.74 Å². The lowest BCUT2D eigenvalue weighted by Crippen LogP contribution is -2.30. The van der Waals surface area contributed by atoms with Gasteiger partial charge in [0.05, 0.1) is 11.6 Å². The fourth-order valence-corrected chi connectivity index (χ4v) is 2.81. The van der Waals surface area contributed by atoms with Crippen LogP contribution in [0.1, 0.15) is 48.0 Å². The number of hydrogen-bond acceptors (Lipinski definition) is 4. The van der Waals surface area contributed by atoms with Crippen molar-refractivity contribution in [1.29, 1.82) is 0 Å². The molecule has 0 saturated carbocycles. The highest BCUT2D eigenvalue weighted by atomic mass is 32.1. The minimum absolute atomic E-state index is 0.0869. The van der Waals surface area contributed by atoms with E-state index >= 15 is 0 Å². The van der Waals surface area contributed by atoms with Crippen LogP contribution in [-0.4, -0.2) is 12.7 Å². The summed E-state index contributed by atoms with van der Waals surface area (Å²) < 4.78 is 5.43. The molecule has 1 atom stereocenters. The van der Waals surface area contributed by atoms with E-state index in [4.69, 9.17) is 10.6 Å². The van der Waals surface area contributed by atoms with Gasteiger partial charge in [0.2, 0.25) is 0 Å². The molecule has 1 aromatic heterocycles. The predicted octanol–water partition coefficient (Wildman–Crippen LogP) is 3.07. The summed E-state index contributed by atoms with van der Waals surface area (Å²) in [5.74, 6) is 5.65. The quantitative estimate of drug-likeness (QED) is 0.607. The summed E-state index contributed by atoms with van der Waals surface area (Å²) in [6.07, 6.45) is 1.96. The molecule has 0 saturated heterocycles. The third-order valence-corrected chi connectivity index (χ3v) is 4.58. The third kappa shape index (κ3) is 4.07. The Bertz CT molecular complexity index is 341. The van der Waals surface area contributed by atoms with Gasteiger partial charge in [0.15, 0.2) is 0 Å². The molecule has 1 heterocycles. The number of rotatable bonds is 6. The van der Waals surface area contributed by atoms with Crippen LogP contribution in [0.3, 0.4) is 0 Å². The maximum Gasteiger partial charge on any atom is 0.0623 e. The Hall–Kier alpha value is -0.420. The van der Waals surface area contributed by atoms with Crippen LogP contribution in [-0.2, 0) is 4.74 Å². The van der Waals surface area contributed by atoms with Gasteiger partial charge >= 0.3 is 0 Å². The summed E-state index contributed by atoms with van der Waals surface area (Å²) in [4.78, 5) is 2.68. The summed E-state index contributed by atoms with van der Waals surface area (Å²) in [5.41, 5.74) is 4.17. The van der Waals surface area contributed by atoms with Crippen molar-refractivity contribution in [3.05, 3.63) is 21.4 Å². The molecule has 0 aliphatic heterocycles. The van der Waals surface area contributed by atoms with Crippen molar-refractivity contribution >= 4 is 11.3 Å². The third-order valence-electron chi connectivity index (χ3n) is 3.32. The first kappa shape index (κ1) is 14.6. The van der Waals surface area contributed by atoms with E-state index in [9.17, 15) is 0 Å². The van der Waals surface area contributed by atoms with E-state index in [0.717, 1.165) is 12.8 Å². The molecule has 98 valence electrons. The lowest BCUT2D eigenvalue weighted by Gasteiger charge is -2.25. The van der Waals surface area contributed by atoms with Crippen molar-refractivity contribution in [3.63, 3.8) is 0 Å². The van der Waals surface area contributed by atoms with Crippen LogP contribution >= 0.6 is 11.3 Å². The second-order valence-electron chi connectivity index (χ2n) is 5.11. The second kappa shape index (κ2) is 5.96. The Morgan fingerprint density at radius 3 is 2.53 bits per heavy atom. The van der Waals surface area contributed by atoms with Gasteiger partial charge in [-0.05, 0) is 52.2 Å². The Morgan fingerprint density at radius 2 is 2.12 bits per heavy atom. The number of hydrogen-bond donors (Lipinski definition) is 2. The van der Waals surface area contributed by atoms with E-state index in [2.05, 4.69) is 39.2 Å². The van der Waals surface area contributed by atoms with Crippen molar-refractivity contribution in [1.82, 2.24) is 5.43 Å². The van der Waals surface area contributed by atoms with Crippen LogP contribution in [0, 0.1) is 13.8 Å². The highest BCUT2D eigenvalue weighted by Gasteiger charge is 2.20. The van der Waals surface area contributed by atoms with Crippen molar-refractivity contribution in [3.8, 4) is 0 Å². The summed E-state index contributed by atoms with van der Waals surface area (Å²) in [7, 11) is 1.75. The molecule has 3 nitrogen and oxygen atoms in total. The maximum absolute atomic E-state index is 5.65. The van der Waals surface area contributed by atoms with Crippen molar-refractivity contribution < 1.29 is 4.74 Å². The number of hydrazine groups is 1. The Morgan fingerprint density at radius 1 is 1.47 bits per heavy atom. The second-order valence-corrected chi connectivity index (χ2v) is 6.40. The van der Waals surface area contributed by atoms with E-state index in [0.29, 0.717) is 0 Å². The molecule has 1 aromatic rings. The van der Waals surface area contributed by atoms with E-state index in [1.807, 2.05) is 11.3 Å². The maximum atomic E-state index is 5.65. The molecular formula is C13H24N2OS. The molecule has 0 radical (unpaired) electrons. The van der Waals surface area contributed by atoms with Gasteiger partial charge in [0.1, 0.15) is 0 Å². The fraction of sp³-hybridized carbons (Fsp3) is 0.692. The fourth-order valence-electron chi connectivity index (χ4n) is 1.68. The summed E-state index contributed by atoms with van der Waals surface area (Å²) in [6.45, 7) is 8.50. The normalized spacial score (nSPS) is 14.0. The highest BCUT2D eigenvalue weighted by molar-refractivity contribution is 7.12. The number of nitrogens with one attached hydrogen (secondary N) is 1. The van der Waals surface area contributed by atoms with Crippen LogP contribution in [0.25, 0.3) is 0 Å². The molecule has 0 aliphatic rings. The van der Waals surface area contributed by atoms with Gasteiger partial charge in [-0.2, -0.15) is 0 Å². The van der Waals surface area contributed by atoms with Gasteiger partial charge in [-0.3, -0.25) is 11.3 Å². The SMILES string of the molecule is COC(C)(C)CCC(NN)c1cc(C)c(C)s1. The van der Waals surface area contributed by atoms with E-state index in [1.54, 1.807) is 7.11 Å². The predicted molar refractivity (Wildman–Crippen MR) is 74.2 cm³/mol. The summed E-state index contributed by atoms with van der Waals surface area (Å²) >= 11 is 1.82. The molecule has 3 N–H and O–H groups in total.